The molecule has 0 atom stereocenters. The van der Waals surface area contributed by atoms with Crippen LogP contribution in [0.25, 0.3) is 0 Å². The van der Waals surface area contributed by atoms with E-state index in [4.69, 9.17) is 0 Å². The Hall–Kier alpha value is -2.18. The lowest BCUT2D eigenvalue weighted by Crippen LogP contribution is -2.52. The highest BCUT2D eigenvalue weighted by molar-refractivity contribution is 7.12. The lowest BCUT2D eigenvalue weighted by molar-refractivity contribution is -0.133. The molecule has 0 N–H and O–H groups in total. The van der Waals surface area contributed by atoms with Gasteiger partial charge in [-0.3, -0.25) is 14.5 Å². The fraction of sp³-hybridized carbons (Fsp3) is 0.455. The van der Waals surface area contributed by atoms with Crippen LogP contribution < -0.4 is 0 Å². The zero-order chi connectivity index (χ0) is 20.1. The molecular formula is C22H29N3O2S. The number of benzene rings is 1. The Balaban J connectivity index is 1.45. The minimum absolute atomic E-state index is 0.0732. The number of piperazine rings is 1. The van der Waals surface area contributed by atoms with E-state index in [2.05, 4.69) is 43.0 Å². The molecule has 0 radical (unpaired) electrons. The molecule has 28 heavy (non-hydrogen) atoms. The standard InChI is InChI=1S/C22H29N3O2S/c1-17(2)19-8-6-18(7-9-19)15-23(3)16-21(26)24-10-12-25(13-11-24)22(27)20-5-4-14-28-20/h4-9,14,17H,10-13,15-16H2,1-3H3. The van der Waals surface area contributed by atoms with Crippen molar-refractivity contribution in [3.05, 3.63) is 57.8 Å². The summed E-state index contributed by atoms with van der Waals surface area (Å²) in [5, 5.41) is 1.92. The molecule has 2 amide bonds. The predicted octanol–water partition coefficient (Wildman–Crippen LogP) is 3.29. The largest absolute Gasteiger partial charge is 0.338 e. The summed E-state index contributed by atoms with van der Waals surface area (Å²) >= 11 is 1.46. The smallest absolute Gasteiger partial charge is 0.264 e. The highest BCUT2D eigenvalue weighted by Gasteiger charge is 2.25. The monoisotopic (exact) mass is 399 g/mol. The van der Waals surface area contributed by atoms with Crippen LogP contribution in [0.2, 0.25) is 0 Å². The molecule has 2 heterocycles. The molecule has 0 spiro atoms. The Labute approximate surface area is 171 Å². The number of amides is 2. The van der Waals surface area contributed by atoms with Crippen molar-refractivity contribution in [2.24, 2.45) is 0 Å². The van der Waals surface area contributed by atoms with Crippen LogP contribution in [-0.2, 0) is 11.3 Å². The lowest BCUT2D eigenvalue weighted by atomic mass is 10.0. The van der Waals surface area contributed by atoms with Crippen LogP contribution in [0.3, 0.4) is 0 Å². The molecule has 5 nitrogen and oxygen atoms in total. The van der Waals surface area contributed by atoms with E-state index in [0.717, 1.165) is 11.4 Å². The summed E-state index contributed by atoms with van der Waals surface area (Å²) in [7, 11) is 1.98. The molecule has 1 aliphatic heterocycles. The molecule has 0 aliphatic carbocycles. The van der Waals surface area contributed by atoms with Gasteiger partial charge in [-0.1, -0.05) is 44.2 Å². The van der Waals surface area contributed by atoms with E-state index in [1.54, 1.807) is 0 Å². The molecular weight excluding hydrogens is 370 g/mol. The second-order valence-corrected chi connectivity index (χ2v) is 8.67. The fourth-order valence-electron chi connectivity index (χ4n) is 3.42. The minimum atomic E-state index is 0.0732. The second kappa shape index (κ2) is 9.34. The molecule has 150 valence electrons. The molecule has 1 fully saturated rings. The first kappa shape index (κ1) is 20.6. The maximum atomic E-state index is 12.6. The van der Waals surface area contributed by atoms with E-state index >= 15 is 0 Å². The molecule has 0 unspecified atom stereocenters. The maximum Gasteiger partial charge on any atom is 0.264 e. The normalized spacial score (nSPS) is 14.8. The van der Waals surface area contributed by atoms with Gasteiger partial charge in [0, 0.05) is 32.7 Å². The van der Waals surface area contributed by atoms with Gasteiger partial charge in [0.15, 0.2) is 0 Å². The Morgan fingerprint density at radius 3 is 2.25 bits per heavy atom. The third kappa shape index (κ3) is 5.20. The highest BCUT2D eigenvalue weighted by atomic mass is 32.1. The lowest BCUT2D eigenvalue weighted by Gasteiger charge is -2.35. The van der Waals surface area contributed by atoms with Gasteiger partial charge in [0.1, 0.15) is 0 Å². The van der Waals surface area contributed by atoms with Crippen molar-refractivity contribution in [3.63, 3.8) is 0 Å². The molecule has 2 aromatic rings. The van der Waals surface area contributed by atoms with Crippen molar-refractivity contribution in [3.8, 4) is 0 Å². The molecule has 0 saturated carbocycles. The number of hydrogen-bond donors (Lipinski definition) is 0. The Kier molecular flexibility index (Phi) is 6.86. The van der Waals surface area contributed by atoms with Crippen molar-refractivity contribution in [2.45, 2.75) is 26.3 Å². The first-order valence-electron chi connectivity index (χ1n) is 9.82. The molecule has 1 saturated heterocycles. The summed E-state index contributed by atoms with van der Waals surface area (Å²) in [6.07, 6.45) is 0. The molecule has 1 aliphatic rings. The molecule has 1 aromatic heterocycles. The quantitative estimate of drug-likeness (QED) is 0.749. The maximum absolute atomic E-state index is 12.6. The van der Waals surface area contributed by atoms with Gasteiger partial charge >= 0.3 is 0 Å². The van der Waals surface area contributed by atoms with Gasteiger partial charge in [-0.2, -0.15) is 0 Å². The number of thiophene rings is 1. The van der Waals surface area contributed by atoms with Crippen molar-refractivity contribution in [2.75, 3.05) is 39.8 Å². The van der Waals surface area contributed by atoms with Crippen LogP contribution in [0.5, 0.6) is 0 Å². The van der Waals surface area contributed by atoms with Gasteiger partial charge < -0.3 is 9.80 Å². The van der Waals surface area contributed by atoms with Crippen LogP contribution in [0.4, 0.5) is 0 Å². The molecule has 1 aromatic carbocycles. The summed E-state index contributed by atoms with van der Waals surface area (Å²) in [6, 6.07) is 12.4. The van der Waals surface area contributed by atoms with Gasteiger partial charge in [0.2, 0.25) is 5.91 Å². The fourth-order valence-corrected chi connectivity index (χ4v) is 4.11. The first-order valence-corrected chi connectivity index (χ1v) is 10.7. The van der Waals surface area contributed by atoms with E-state index < -0.39 is 0 Å². The average molecular weight is 400 g/mol. The van der Waals surface area contributed by atoms with Gasteiger partial charge in [0.05, 0.1) is 11.4 Å². The van der Waals surface area contributed by atoms with E-state index in [0.29, 0.717) is 38.6 Å². The highest BCUT2D eigenvalue weighted by Crippen LogP contribution is 2.16. The summed E-state index contributed by atoms with van der Waals surface area (Å²) in [6.45, 7) is 7.93. The Morgan fingerprint density at radius 2 is 1.68 bits per heavy atom. The number of hydrogen-bond acceptors (Lipinski definition) is 4. The average Bonchev–Trinajstić information content (AvgIpc) is 3.22. The topological polar surface area (TPSA) is 43.9 Å². The Bertz CT molecular complexity index is 779. The van der Waals surface area contributed by atoms with Crippen molar-refractivity contribution in [1.29, 1.82) is 0 Å². The summed E-state index contributed by atoms with van der Waals surface area (Å²) in [5.41, 5.74) is 2.54. The summed E-state index contributed by atoms with van der Waals surface area (Å²) in [5.74, 6) is 0.729. The third-order valence-corrected chi connectivity index (χ3v) is 6.01. The number of carbonyl (C=O) groups excluding carboxylic acids is 2. The SMILES string of the molecule is CC(C)c1ccc(CN(C)CC(=O)N2CCN(C(=O)c3cccs3)CC2)cc1. The van der Waals surface area contributed by atoms with E-state index in [9.17, 15) is 9.59 Å². The van der Waals surface area contributed by atoms with Crippen LogP contribution in [-0.4, -0.2) is 66.3 Å². The molecule has 6 heteroatoms. The molecule has 0 bridgehead atoms. The predicted molar refractivity (Wildman–Crippen MR) is 114 cm³/mol. The van der Waals surface area contributed by atoms with Gasteiger partial charge in [0.25, 0.3) is 5.91 Å². The number of carbonyl (C=O) groups is 2. The third-order valence-electron chi connectivity index (χ3n) is 5.16. The number of rotatable bonds is 6. The van der Waals surface area contributed by atoms with Crippen molar-refractivity contribution in [1.82, 2.24) is 14.7 Å². The Morgan fingerprint density at radius 1 is 1.04 bits per heavy atom. The van der Waals surface area contributed by atoms with Crippen molar-refractivity contribution >= 4 is 23.2 Å². The minimum Gasteiger partial charge on any atom is -0.338 e. The summed E-state index contributed by atoms with van der Waals surface area (Å²) in [4.78, 5) is 31.6. The van der Waals surface area contributed by atoms with Crippen LogP contribution in [0.1, 0.15) is 40.6 Å². The van der Waals surface area contributed by atoms with Crippen LogP contribution in [0.15, 0.2) is 41.8 Å². The molecule has 3 rings (SSSR count). The summed E-state index contributed by atoms with van der Waals surface area (Å²) < 4.78 is 0. The van der Waals surface area contributed by atoms with Gasteiger partial charge in [-0.15, -0.1) is 11.3 Å². The van der Waals surface area contributed by atoms with Gasteiger partial charge in [-0.05, 0) is 35.5 Å². The van der Waals surface area contributed by atoms with E-state index in [-0.39, 0.29) is 11.8 Å². The van der Waals surface area contributed by atoms with Crippen LogP contribution >= 0.6 is 11.3 Å². The van der Waals surface area contributed by atoms with Crippen LogP contribution in [0, 0.1) is 0 Å². The zero-order valence-corrected chi connectivity index (χ0v) is 17.7. The second-order valence-electron chi connectivity index (χ2n) is 7.72. The van der Waals surface area contributed by atoms with E-state index in [1.165, 1.54) is 22.5 Å². The van der Waals surface area contributed by atoms with Gasteiger partial charge in [-0.25, -0.2) is 0 Å². The zero-order valence-electron chi connectivity index (χ0n) is 16.9. The first-order chi connectivity index (χ1) is 13.4. The van der Waals surface area contributed by atoms with Crippen molar-refractivity contribution < 1.29 is 9.59 Å². The number of nitrogens with zero attached hydrogens (tertiary/aromatic N) is 3. The van der Waals surface area contributed by atoms with E-state index in [1.807, 2.05) is 34.4 Å². The number of likely N-dealkylation sites (N-methyl/N-ethyl adjacent to an activating group) is 1.